The predicted octanol–water partition coefficient (Wildman–Crippen LogP) is 6.92. The average molecular weight is 1110 g/mol. The number of rotatable bonds is 24. The van der Waals surface area contributed by atoms with Crippen molar-refractivity contribution in [2.24, 2.45) is 11.1 Å². The van der Waals surface area contributed by atoms with Gasteiger partial charge in [0.05, 0.1) is 39.8 Å². The molecular formula is C54H63F3N12O9S. The zero-order valence-electron chi connectivity index (χ0n) is 44.3. The highest BCUT2D eigenvalue weighted by Gasteiger charge is 2.45. The molecule has 0 aliphatic carbocycles. The summed E-state index contributed by atoms with van der Waals surface area (Å²) in [6, 6.07) is 14.7. The van der Waals surface area contributed by atoms with E-state index in [1.165, 1.54) is 50.3 Å². The Labute approximate surface area is 457 Å². The Morgan fingerprint density at radius 2 is 1.65 bits per heavy atom. The van der Waals surface area contributed by atoms with Gasteiger partial charge in [-0.1, -0.05) is 58.6 Å². The van der Waals surface area contributed by atoms with Gasteiger partial charge in [0.25, 0.3) is 17.7 Å². The quantitative estimate of drug-likeness (QED) is 0.0336. The second-order valence-electron chi connectivity index (χ2n) is 20.0. The average Bonchev–Trinajstić information content (AvgIpc) is 4.27. The van der Waals surface area contributed by atoms with Crippen LogP contribution in [0, 0.1) is 12.3 Å². The number of unbranched alkanes of at least 4 members (excludes halogenated alkanes) is 5. The normalized spacial score (nSPS) is 14.9. The molecular weight excluding hydrogens is 1050 g/mol. The number of alkyl halides is 3. The first-order chi connectivity index (χ1) is 37.6. The molecule has 6 aromatic rings. The highest BCUT2D eigenvalue weighted by Crippen LogP contribution is 2.32. The van der Waals surface area contributed by atoms with E-state index < -0.39 is 60.0 Å². The number of thiazole rings is 1. The Morgan fingerprint density at radius 3 is 2.32 bits per heavy atom. The molecule has 0 radical (unpaired) electrons. The molecule has 0 spiro atoms. The minimum atomic E-state index is -4.47. The molecule has 4 aromatic heterocycles. The molecule has 0 unspecified atom stereocenters. The third-order valence-corrected chi connectivity index (χ3v) is 13.9. The van der Waals surface area contributed by atoms with Crippen LogP contribution in [0.5, 0.6) is 0 Å². The van der Waals surface area contributed by atoms with E-state index in [0.717, 1.165) is 60.9 Å². The number of likely N-dealkylation sites (tertiary alicyclic amines) is 1. The van der Waals surface area contributed by atoms with E-state index >= 15 is 0 Å². The summed E-state index contributed by atoms with van der Waals surface area (Å²) in [5.41, 5.74) is 9.71. The van der Waals surface area contributed by atoms with E-state index in [1.807, 2.05) is 52.0 Å². The molecule has 6 amide bonds. The number of amides is 6. The summed E-state index contributed by atoms with van der Waals surface area (Å²) in [6.45, 7) is 6.61. The summed E-state index contributed by atoms with van der Waals surface area (Å²) in [7, 11) is 1.64. The van der Waals surface area contributed by atoms with Gasteiger partial charge in [-0.2, -0.15) is 18.3 Å². The molecule has 1 aliphatic heterocycles. The monoisotopic (exact) mass is 1110 g/mol. The Bertz CT molecular complexity index is 3100. The number of aromatic nitrogens is 5. The minimum Gasteiger partial charge on any atom is -0.444 e. The standard InChI is InChI=1S/C54H63F3N12O9S/c1-32-45(79-31-62-32)33-12-16-36(17-13-33)67(5)51(75)41-25-38(70)26-68(41)52(76)46(53(2,3)4)65-43(71)29-77-23-11-9-7-6-8-10-21-60-48(73)34-14-18-37(19-15-34)69-27-39(44(66-69)47(58)72)63-49(74)40-28-78-50(64-40)35-20-22-59-42(24-35)61-30-54(55,56)57/h12-20,22,24,27-28,31,38,41,46,70H,6-11,21,23,25-26,29-30H2,1-5H3,(H2,58,72)(H,59,61)(H,60,73)(H,63,74)(H,65,71)/t38-,41+,46-/m1/s1. The van der Waals surface area contributed by atoms with Gasteiger partial charge in [0, 0.05) is 56.2 Å². The lowest BCUT2D eigenvalue weighted by molar-refractivity contribution is -0.144. The number of primary amides is 1. The van der Waals surface area contributed by atoms with Crippen LogP contribution in [-0.4, -0.2) is 134 Å². The first-order valence-corrected chi connectivity index (χ1v) is 26.4. The van der Waals surface area contributed by atoms with E-state index in [2.05, 4.69) is 41.3 Å². The zero-order chi connectivity index (χ0) is 57.0. The number of nitrogens with zero attached hydrogens (tertiary/aromatic N) is 7. The van der Waals surface area contributed by atoms with Crippen LogP contribution in [-0.2, 0) is 19.1 Å². The van der Waals surface area contributed by atoms with Crippen molar-refractivity contribution in [3.8, 4) is 27.6 Å². The van der Waals surface area contributed by atoms with Crippen molar-refractivity contribution in [1.82, 2.24) is 40.3 Å². The molecule has 21 nitrogen and oxygen atoms in total. The van der Waals surface area contributed by atoms with Gasteiger partial charge in [-0.25, -0.2) is 19.6 Å². The first kappa shape index (κ1) is 58.6. The van der Waals surface area contributed by atoms with Crippen molar-refractivity contribution in [3.05, 3.63) is 107 Å². The second-order valence-corrected chi connectivity index (χ2v) is 20.9. The molecule has 1 fully saturated rings. The van der Waals surface area contributed by atoms with Crippen LogP contribution in [0.1, 0.15) is 103 Å². The smallest absolute Gasteiger partial charge is 0.405 e. The lowest BCUT2D eigenvalue weighted by atomic mass is 9.85. The largest absolute Gasteiger partial charge is 0.444 e. The number of hydrogen-bond acceptors (Lipinski definition) is 15. The van der Waals surface area contributed by atoms with Crippen molar-refractivity contribution < 1.29 is 56.2 Å². The summed E-state index contributed by atoms with van der Waals surface area (Å²) < 4.78 is 50.3. The number of anilines is 3. The second kappa shape index (κ2) is 26.1. The van der Waals surface area contributed by atoms with E-state index in [1.54, 1.807) is 36.8 Å². The third kappa shape index (κ3) is 15.8. The van der Waals surface area contributed by atoms with E-state index in [9.17, 15) is 47.0 Å². The molecule has 7 N–H and O–H groups in total. The Morgan fingerprint density at radius 1 is 0.937 bits per heavy atom. The summed E-state index contributed by atoms with van der Waals surface area (Å²) in [5, 5.41) is 25.3. The predicted molar refractivity (Wildman–Crippen MR) is 288 cm³/mol. The van der Waals surface area contributed by atoms with Crippen LogP contribution in [0.3, 0.4) is 0 Å². The van der Waals surface area contributed by atoms with Gasteiger partial charge in [0.1, 0.15) is 37.3 Å². The van der Waals surface area contributed by atoms with E-state index in [4.69, 9.17) is 14.9 Å². The highest BCUT2D eigenvalue weighted by atomic mass is 32.1. The van der Waals surface area contributed by atoms with Crippen molar-refractivity contribution in [2.75, 3.05) is 55.4 Å². The van der Waals surface area contributed by atoms with Crippen LogP contribution < -0.4 is 31.9 Å². The maximum Gasteiger partial charge on any atom is 0.405 e. The number of pyridine rings is 1. The number of carbonyl (C=O) groups is 6. The molecule has 0 bridgehead atoms. The van der Waals surface area contributed by atoms with Crippen molar-refractivity contribution in [3.63, 3.8) is 0 Å². The minimum absolute atomic E-state index is 0.0393. The SMILES string of the molecule is Cc1ncsc1-c1ccc(N(C)C(=O)[C@@H]2C[C@@H](O)CN2C(=O)[C@@H](NC(=O)COCCCCCCCCNC(=O)c2ccc(-n3cc(NC(=O)c4coc(-c5ccnc(NCC(F)(F)F)c5)n4)c(C(N)=O)n3)cc2)C(C)(C)C)cc1. The number of aliphatic hydroxyl groups is 1. The van der Waals surface area contributed by atoms with Gasteiger partial charge in [-0.15, -0.1) is 11.3 Å². The first-order valence-electron chi connectivity index (χ1n) is 25.5. The fourth-order valence-electron chi connectivity index (χ4n) is 8.67. The third-order valence-electron chi connectivity index (χ3n) is 12.9. The highest BCUT2D eigenvalue weighted by molar-refractivity contribution is 7.13. The van der Waals surface area contributed by atoms with Crippen LogP contribution in [0.25, 0.3) is 27.6 Å². The van der Waals surface area contributed by atoms with Crippen LogP contribution in [0.15, 0.2) is 89.2 Å². The number of carbonyl (C=O) groups excluding carboxylic acids is 6. The van der Waals surface area contributed by atoms with Gasteiger partial charge < -0.3 is 51.1 Å². The lowest BCUT2D eigenvalue weighted by Gasteiger charge is -2.36. The van der Waals surface area contributed by atoms with E-state index in [-0.39, 0.29) is 65.7 Å². The number of aryl methyl sites for hydroxylation is 1. The number of halogens is 3. The summed E-state index contributed by atoms with van der Waals surface area (Å²) in [5.74, 6) is -3.44. The number of hydrogen-bond donors (Lipinski definition) is 6. The number of nitrogens with one attached hydrogen (secondary N) is 4. The fourth-order valence-corrected chi connectivity index (χ4v) is 9.48. The summed E-state index contributed by atoms with van der Waals surface area (Å²) in [6.07, 6.45) is 3.39. The zero-order valence-corrected chi connectivity index (χ0v) is 45.1. The van der Waals surface area contributed by atoms with Gasteiger partial charge >= 0.3 is 6.18 Å². The molecule has 3 atom stereocenters. The molecule has 0 saturated carbocycles. The van der Waals surface area contributed by atoms with E-state index in [0.29, 0.717) is 30.1 Å². The number of likely N-dealkylation sites (N-methyl/N-ethyl adjacent to an activating group) is 1. The summed E-state index contributed by atoms with van der Waals surface area (Å²) in [4.78, 5) is 95.6. The number of nitrogens with two attached hydrogens (primary N) is 1. The van der Waals surface area contributed by atoms with Gasteiger partial charge in [0.2, 0.25) is 23.6 Å². The number of oxazole rings is 1. The topological polar surface area (TPSA) is 282 Å². The van der Waals surface area contributed by atoms with Gasteiger partial charge in [-0.3, -0.25) is 28.8 Å². The maximum atomic E-state index is 14.1. The molecule has 1 saturated heterocycles. The van der Waals surface area contributed by atoms with Gasteiger partial charge in [-0.05, 0) is 79.3 Å². The number of aliphatic hydroxyl groups excluding tert-OH is 1. The summed E-state index contributed by atoms with van der Waals surface area (Å²) >= 11 is 1.53. The Balaban J connectivity index is 0.782. The number of ether oxygens (including phenoxy) is 1. The molecule has 25 heteroatoms. The Hall–Kier alpha value is -8.03. The van der Waals surface area contributed by atoms with Crippen molar-refractivity contribution in [2.45, 2.75) is 97.0 Å². The molecule has 2 aromatic carbocycles. The van der Waals surface area contributed by atoms with Gasteiger partial charge in [0.15, 0.2) is 11.4 Å². The van der Waals surface area contributed by atoms with Crippen LogP contribution in [0.2, 0.25) is 0 Å². The molecule has 7 rings (SSSR count). The van der Waals surface area contributed by atoms with Crippen LogP contribution in [0.4, 0.5) is 30.4 Å². The van der Waals surface area contributed by atoms with Crippen LogP contribution >= 0.6 is 11.3 Å². The van der Waals surface area contributed by atoms with Crippen molar-refractivity contribution >= 4 is 64.0 Å². The Kier molecular flexibility index (Phi) is 19.4. The molecule has 420 valence electrons. The molecule has 79 heavy (non-hydrogen) atoms. The molecule has 5 heterocycles. The number of β-amino-alcohol motifs (C(OH)–C–C–N with tert-alkyl or cyclic N) is 1. The van der Waals surface area contributed by atoms with Crippen molar-refractivity contribution in [1.29, 1.82) is 0 Å². The number of benzene rings is 2. The fraction of sp³-hybridized carbons (Fsp3) is 0.407. The lowest BCUT2D eigenvalue weighted by Crippen LogP contribution is -2.58. The maximum absolute atomic E-state index is 14.1. The molecule has 1 aliphatic rings.